The van der Waals surface area contributed by atoms with E-state index in [0.29, 0.717) is 12.3 Å². The first-order valence-corrected chi connectivity index (χ1v) is 10.3. The third kappa shape index (κ3) is 5.06. The van der Waals surface area contributed by atoms with Crippen molar-refractivity contribution in [1.29, 1.82) is 0 Å². The maximum atomic E-state index is 12.1. The number of anilines is 1. The summed E-state index contributed by atoms with van der Waals surface area (Å²) in [5.41, 5.74) is 3.20. The molecule has 0 saturated heterocycles. The average Bonchev–Trinajstić information content (AvgIpc) is 3.02. The van der Waals surface area contributed by atoms with E-state index in [9.17, 15) is 4.79 Å². The number of rotatable bonds is 7. The molecule has 0 saturated carbocycles. The number of hydrogen-bond donors (Lipinski definition) is 1. The van der Waals surface area contributed by atoms with Gasteiger partial charge >= 0.3 is 0 Å². The second kappa shape index (κ2) is 8.50. The zero-order valence-corrected chi connectivity index (χ0v) is 16.1. The number of carbonyl (C=O) groups excluding carboxylic acids is 1. The lowest BCUT2D eigenvalue weighted by Gasteiger charge is -2.08. The van der Waals surface area contributed by atoms with Crippen LogP contribution in [0, 0.1) is 0 Å². The second-order valence-corrected chi connectivity index (χ2v) is 8.60. The van der Waals surface area contributed by atoms with Crippen LogP contribution in [0.1, 0.15) is 38.2 Å². The Morgan fingerprint density at radius 1 is 1.16 bits per heavy atom. The topological polar surface area (TPSA) is 42.0 Å². The van der Waals surface area contributed by atoms with Gasteiger partial charge in [0.05, 0.1) is 10.2 Å². The number of nitrogens with one attached hydrogen (secondary N) is 1. The summed E-state index contributed by atoms with van der Waals surface area (Å²) in [6.45, 7) is 4.33. The third-order valence-electron chi connectivity index (χ3n) is 3.91. The number of hydrogen-bond acceptors (Lipinski definition) is 4. The van der Waals surface area contributed by atoms with Gasteiger partial charge in [0, 0.05) is 17.9 Å². The smallest absolute Gasteiger partial charge is 0.224 e. The molecule has 0 atom stereocenters. The summed E-state index contributed by atoms with van der Waals surface area (Å²) < 4.78 is 2.29. The Hall–Kier alpha value is -1.85. The maximum Gasteiger partial charge on any atom is 0.224 e. The predicted octanol–water partition coefficient (Wildman–Crippen LogP) is 5.93. The molecule has 3 rings (SSSR count). The van der Waals surface area contributed by atoms with Gasteiger partial charge in [0.25, 0.3) is 0 Å². The molecule has 1 heterocycles. The number of aromatic nitrogens is 1. The van der Waals surface area contributed by atoms with E-state index in [0.717, 1.165) is 27.7 Å². The van der Waals surface area contributed by atoms with Gasteiger partial charge in [0.15, 0.2) is 4.34 Å². The SMILES string of the molecule is CC(C)c1ccc(NC(=O)CCCSc2nc3ccccc3s2)cc1. The van der Waals surface area contributed by atoms with Gasteiger partial charge in [-0.3, -0.25) is 4.79 Å². The number of carbonyl (C=O) groups is 1. The van der Waals surface area contributed by atoms with E-state index in [2.05, 4.69) is 42.3 Å². The highest BCUT2D eigenvalue weighted by atomic mass is 32.2. The lowest BCUT2D eigenvalue weighted by atomic mass is 10.0. The van der Waals surface area contributed by atoms with Crippen LogP contribution in [0.2, 0.25) is 0 Å². The van der Waals surface area contributed by atoms with Gasteiger partial charge < -0.3 is 5.32 Å². The van der Waals surface area contributed by atoms with Crippen LogP contribution < -0.4 is 5.32 Å². The van der Waals surface area contributed by atoms with Crippen molar-refractivity contribution < 1.29 is 4.79 Å². The van der Waals surface area contributed by atoms with E-state index in [4.69, 9.17) is 0 Å². The zero-order valence-electron chi connectivity index (χ0n) is 14.5. The molecule has 130 valence electrons. The monoisotopic (exact) mass is 370 g/mol. The molecule has 1 aromatic heterocycles. The highest BCUT2D eigenvalue weighted by molar-refractivity contribution is 8.01. The minimum atomic E-state index is 0.0715. The van der Waals surface area contributed by atoms with Crippen molar-refractivity contribution in [2.45, 2.75) is 36.9 Å². The van der Waals surface area contributed by atoms with Gasteiger partial charge in [-0.1, -0.05) is 49.9 Å². The van der Waals surface area contributed by atoms with E-state index in [-0.39, 0.29) is 5.91 Å². The number of para-hydroxylation sites is 1. The Bertz CT molecular complexity index is 807. The van der Waals surface area contributed by atoms with Crippen LogP contribution in [0.4, 0.5) is 5.69 Å². The molecule has 0 aliphatic heterocycles. The van der Waals surface area contributed by atoms with E-state index < -0.39 is 0 Å². The number of amides is 1. The highest BCUT2D eigenvalue weighted by Crippen LogP contribution is 2.29. The molecule has 3 nitrogen and oxygen atoms in total. The number of thioether (sulfide) groups is 1. The standard InChI is InChI=1S/C20H22N2OS2/c1-14(2)15-9-11-16(12-10-15)21-19(23)8-5-13-24-20-22-17-6-3-4-7-18(17)25-20/h3-4,6-7,9-12,14H,5,8,13H2,1-2H3,(H,21,23). The van der Waals surface area contributed by atoms with Crippen LogP contribution in [-0.2, 0) is 4.79 Å². The lowest BCUT2D eigenvalue weighted by molar-refractivity contribution is -0.116. The van der Waals surface area contributed by atoms with Crippen LogP contribution in [0.5, 0.6) is 0 Å². The second-order valence-electron chi connectivity index (χ2n) is 6.22. The van der Waals surface area contributed by atoms with Crippen LogP contribution in [0.25, 0.3) is 10.2 Å². The molecule has 2 aromatic carbocycles. The maximum absolute atomic E-state index is 12.1. The van der Waals surface area contributed by atoms with Gasteiger partial charge in [-0.05, 0) is 42.2 Å². The normalized spacial score (nSPS) is 11.2. The minimum absolute atomic E-state index is 0.0715. The molecule has 0 fully saturated rings. The van der Waals surface area contributed by atoms with Crippen molar-refractivity contribution in [3.8, 4) is 0 Å². The first kappa shape index (κ1) is 18.0. The fraction of sp³-hybridized carbons (Fsp3) is 0.300. The molecular formula is C20H22N2OS2. The zero-order chi connectivity index (χ0) is 17.6. The van der Waals surface area contributed by atoms with E-state index in [1.54, 1.807) is 23.1 Å². The molecule has 3 aromatic rings. The largest absolute Gasteiger partial charge is 0.326 e. The Morgan fingerprint density at radius 2 is 1.92 bits per heavy atom. The first-order chi connectivity index (χ1) is 12.1. The summed E-state index contributed by atoms with van der Waals surface area (Å²) in [4.78, 5) is 16.7. The number of thiazole rings is 1. The molecule has 1 amide bonds. The molecule has 0 bridgehead atoms. The van der Waals surface area contributed by atoms with Crippen molar-refractivity contribution >= 4 is 44.9 Å². The molecule has 25 heavy (non-hydrogen) atoms. The fourth-order valence-electron chi connectivity index (χ4n) is 2.48. The minimum Gasteiger partial charge on any atom is -0.326 e. The van der Waals surface area contributed by atoms with Gasteiger partial charge in [-0.25, -0.2) is 4.98 Å². The van der Waals surface area contributed by atoms with Crippen molar-refractivity contribution in [1.82, 2.24) is 4.98 Å². The summed E-state index contributed by atoms with van der Waals surface area (Å²) in [6, 6.07) is 16.3. The van der Waals surface area contributed by atoms with Crippen LogP contribution in [0.3, 0.4) is 0 Å². The summed E-state index contributed by atoms with van der Waals surface area (Å²) >= 11 is 3.44. The molecule has 0 aliphatic rings. The van der Waals surface area contributed by atoms with Crippen molar-refractivity contribution in [3.63, 3.8) is 0 Å². The fourth-order valence-corrected chi connectivity index (χ4v) is 4.56. The Balaban J connectivity index is 1.41. The Morgan fingerprint density at radius 3 is 2.64 bits per heavy atom. The summed E-state index contributed by atoms with van der Waals surface area (Å²) in [7, 11) is 0. The Labute approximate surface area is 156 Å². The molecule has 0 aliphatic carbocycles. The predicted molar refractivity (Wildman–Crippen MR) is 109 cm³/mol. The van der Waals surface area contributed by atoms with Crippen LogP contribution >= 0.6 is 23.1 Å². The highest BCUT2D eigenvalue weighted by Gasteiger charge is 2.06. The number of benzene rings is 2. The van der Waals surface area contributed by atoms with Crippen molar-refractivity contribution in [3.05, 3.63) is 54.1 Å². The molecule has 1 N–H and O–H groups in total. The van der Waals surface area contributed by atoms with Gasteiger partial charge in [-0.15, -0.1) is 11.3 Å². The van der Waals surface area contributed by atoms with E-state index >= 15 is 0 Å². The van der Waals surface area contributed by atoms with Gasteiger partial charge in [0.2, 0.25) is 5.91 Å². The summed E-state index contributed by atoms with van der Waals surface area (Å²) in [5.74, 6) is 1.48. The lowest BCUT2D eigenvalue weighted by Crippen LogP contribution is -2.11. The Kier molecular flexibility index (Phi) is 6.10. The molecule has 5 heteroatoms. The summed E-state index contributed by atoms with van der Waals surface area (Å²) in [6.07, 6.45) is 1.38. The van der Waals surface area contributed by atoms with Crippen molar-refractivity contribution in [2.75, 3.05) is 11.1 Å². The van der Waals surface area contributed by atoms with E-state index in [1.807, 2.05) is 30.3 Å². The van der Waals surface area contributed by atoms with Gasteiger partial charge in [0.1, 0.15) is 0 Å². The van der Waals surface area contributed by atoms with Crippen LogP contribution in [-0.4, -0.2) is 16.6 Å². The number of fused-ring (bicyclic) bond motifs is 1. The van der Waals surface area contributed by atoms with Crippen LogP contribution in [0.15, 0.2) is 52.9 Å². The number of nitrogens with zero attached hydrogens (tertiary/aromatic N) is 1. The molecular weight excluding hydrogens is 348 g/mol. The third-order valence-corrected chi connectivity index (χ3v) is 6.17. The molecule has 0 spiro atoms. The quantitative estimate of drug-likeness (QED) is 0.414. The van der Waals surface area contributed by atoms with Crippen molar-refractivity contribution in [2.24, 2.45) is 0 Å². The average molecular weight is 371 g/mol. The molecule has 0 unspecified atom stereocenters. The molecule has 0 radical (unpaired) electrons. The summed E-state index contributed by atoms with van der Waals surface area (Å²) in [5, 5.41) is 2.97. The first-order valence-electron chi connectivity index (χ1n) is 8.50. The van der Waals surface area contributed by atoms with Gasteiger partial charge in [-0.2, -0.15) is 0 Å². The van der Waals surface area contributed by atoms with E-state index in [1.165, 1.54) is 10.3 Å².